The summed E-state index contributed by atoms with van der Waals surface area (Å²) in [5.74, 6) is 2.27. The smallest absolute Gasteiger partial charge is 0.134 e. The molecule has 0 atom stereocenters. The molecule has 17 heavy (non-hydrogen) atoms. The highest BCUT2D eigenvalue weighted by atomic mass is 15.1. The molecular weight excluding hydrogens is 214 g/mol. The van der Waals surface area contributed by atoms with E-state index in [1.807, 2.05) is 21.0 Å². The summed E-state index contributed by atoms with van der Waals surface area (Å²) in [7, 11) is 4.09. The van der Waals surface area contributed by atoms with E-state index in [2.05, 4.69) is 27.1 Å². The van der Waals surface area contributed by atoms with Gasteiger partial charge in [-0.1, -0.05) is 6.92 Å². The van der Waals surface area contributed by atoms with E-state index in [-0.39, 0.29) is 0 Å². The van der Waals surface area contributed by atoms with E-state index in [9.17, 15) is 0 Å². The Kier molecular flexibility index (Phi) is 5.15. The summed E-state index contributed by atoms with van der Waals surface area (Å²) in [5, 5.41) is 3.31. The maximum atomic E-state index is 5.88. The number of nitrogens with zero attached hydrogens (tertiary/aromatic N) is 3. The van der Waals surface area contributed by atoms with Gasteiger partial charge in [-0.15, -0.1) is 0 Å². The summed E-state index contributed by atoms with van der Waals surface area (Å²) >= 11 is 0. The van der Waals surface area contributed by atoms with Gasteiger partial charge in [-0.2, -0.15) is 0 Å². The third-order valence-corrected chi connectivity index (χ3v) is 2.55. The van der Waals surface area contributed by atoms with E-state index in [4.69, 9.17) is 5.73 Å². The second kappa shape index (κ2) is 6.39. The fourth-order valence-electron chi connectivity index (χ4n) is 1.49. The molecule has 0 aliphatic heterocycles. The van der Waals surface area contributed by atoms with Crippen LogP contribution in [0, 0.1) is 6.92 Å². The lowest BCUT2D eigenvalue weighted by atomic mass is 10.2. The maximum Gasteiger partial charge on any atom is 0.134 e. The number of nitrogen functional groups attached to an aromatic ring is 1. The second-order valence-corrected chi connectivity index (χ2v) is 4.48. The molecule has 0 bridgehead atoms. The van der Waals surface area contributed by atoms with Gasteiger partial charge in [0.2, 0.25) is 0 Å². The lowest BCUT2D eigenvalue weighted by Crippen LogP contribution is -2.22. The van der Waals surface area contributed by atoms with Gasteiger partial charge in [-0.3, -0.25) is 0 Å². The van der Waals surface area contributed by atoms with Crippen molar-refractivity contribution in [1.82, 2.24) is 14.9 Å². The number of aryl methyl sites for hydroxylation is 1. The van der Waals surface area contributed by atoms with Crippen LogP contribution >= 0.6 is 0 Å². The van der Waals surface area contributed by atoms with Gasteiger partial charge in [0, 0.05) is 25.1 Å². The van der Waals surface area contributed by atoms with Gasteiger partial charge in [0.1, 0.15) is 17.5 Å². The molecule has 0 radical (unpaired) electrons. The molecule has 0 unspecified atom stereocenters. The van der Waals surface area contributed by atoms with Crippen LogP contribution in [0.4, 0.5) is 11.6 Å². The summed E-state index contributed by atoms with van der Waals surface area (Å²) in [6.45, 7) is 5.88. The number of nitrogens with two attached hydrogens (primary N) is 1. The first-order valence-corrected chi connectivity index (χ1v) is 6.06. The Morgan fingerprint density at radius 2 is 2.00 bits per heavy atom. The number of likely N-dealkylation sites (N-methyl/N-ethyl adjacent to an activating group) is 1. The summed E-state index contributed by atoms with van der Waals surface area (Å²) in [4.78, 5) is 10.9. The first kappa shape index (κ1) is 13.7. The number of hydrogen-bond acceptors (Lipinski definition) is 5. The van der Waals surface area contributed by atoms with Crippen LogP contribution in [0.25, 0.3) is 0 Å². The molecule has 0 fully saturated rings. The highest BCUT2D eigenvalue weighted by Gasteiger charge is 2.07. The Hall–Kier alpha value is -1.36. The predicted molar refractivity (Wildman–Crippen MR) is 72.2 cm³/mol. The van der Waals surface area contributed by atoms with Gasteiger partial charge in [-0.05, 0) is 27.4 Å². The molecule has 0 aliphatic rings. The van der Waals surface area contributed by atoms with Crippen molar-refractivity contribution in [2.75, 3.05) is 38.2 Å². The number of nitrogens with one attached hydrogen (secondary N) is 1. The molecule has 0 aliphatic carbocycles. The Balaban J connectivity index is 2.75. The molecule has 96 valence electrons. The van der Waals surface area contributed by atoms with Crippen molar-refractivity contribution in [3.8, 4) is 0 Å². The van der Waals surface area contributed by atoms with Crippen LogP contribution in [-0.4, -0.2) is 42.1 Å². The highest BCUT2D eigenvalue weighted by Crippen LogP contribution is 2.17. The van der Waals surface area contributed by atoms with Gasteiger partial charge in [0.05, 0.1) is 0 Å². The molecule has 0 saturated heterocycles. The molecule has 1 heterocycles. The van der Waals surface area contributed by atoms with E-state index >= 15 is 0 Å². The molecule has 0 saturated carbocycles. The van der Waals surface area contributed by atoms with Crippen LogP contribution in [0.15, 0.2) is 0 Å². The predicted octanol–water partition coefficient (Wildman–Crippen LogP) is 1.29. The zero-order valence-corrected chi connectivity index (χ0v) is 11.2. The minimum absolute atomic E-state index is 0.579. The Bertz CT molecular complexity index is 362. The SMILES string of the molecule is CCCc1nc(N)c(C)c(NCCN(C)C)n1. The summed E-state index contributed by atoms with van der Waals surface area (Å²) < 4.78 is 0. The number of aromatic nitrogens is 2. The minimum Gasteiger partial charge on any atom is -0.383 e. The van der Waals surface area contributed by atoms with Crippen molar-refractivity contribution < 1.29 is 0 Å². The Morgan fingerprint density at radius 3 is 2.59 bits per heavy atom. The monoisotopic (exact) mass is 237 g/mol. The van der Waals surface area contributed by atoms with Crippen molar-refractivity contribution in [3.63, 3.8) is 0 Å². The number of hydrogen-bond donors (Lipinski definition) is 2. The molecule has 1 aromatic heterocycles. The van der Waals surface area contributed by atoms with Crippen molar-refractivity contribution in [3.05, 3.63) is 11.4 Å². The fourth-order valence-corrected chi connectivity index (χ4v) is 1.49. The highest BCUT2D eigenvalue weighted by molar-refractivity contribution is 5.54. The van der Waals surface area contributed by atoms with Gasteiger partial charge < -0.3 is 16.0 Å². The topological polar surface area (TPSA) is 67.1 Å². The Labute approximate surface area is 103 Å². The quantitative estimate of drug-likeness (QED) is 0.780. The van der Waals surface area contributed by atoms with Crippen molar-refractivity contribution in [2.24, 2.45) is 0 Å². The molecule has 5 nitrogen and oxygen atoms in total. The van der Waals surface area contributed by atoms with Crippen LogP contribution in [-0.2, 0) is 6.42 Å². The van der Waals surface area contributed by atoms with Gasteiger partial charge in [-0.25, -0.2) is 9.97 Å². The maximum absolute atomic E-state index is 5.88. The van der Waals surface area contributed by atoms with Crippen molar-refractivity contribution >= 4 is 11.6 Å². The lowest BCUT2D eigenvalue weighted by molar-refractivity contribution is 0.425. The summed E-state index contributed by atoms with van der Waals surface area (Å²) in [6.07, 6.45) is 1.90. The van der Waals surface area contributed by atoms with E-state index in [0.717, 1.165) is 43.1 Å². The molecule has 0 aromatic carbocycles. The zero-order valence-electron chi connectivity index (χ0n) is 11.2. The van der Waals surface area contributed by atoms with Crippen LogP contribution in [0.3, 0.4) is 0 Å². The van der Waals surface area contributed by atoms with Gasteiger partial charge in [0.25, 0.3) is 0 Å². The third-order valence-electron chi connectivity index (χ3n) is 2.55. The molecule has 1 rings (SSSR count). The molecule has 1 aromatic rings. The van der Waals surface area contributed by atoms with Crippen LogP contribution in [0.2, 0.25) is 0 Å². The van der Waals surface area contributed by atoms with Gasteiger partial charge in [0.15, 0.2) is 0 Å². The standard InChI is InChI=1S/C12H23N5/c1-5-6-10-15-11(13)9(2)12(16-10)14-7-8-17(3)4/h5-8H2,1-4H3,(H3,13,14,15,16). The minimum atomic E-state index is 0.579. The van der Waals surface area contributed by atoms with Crippen LogP contribution < -0.4 is 11.1 Å². The first-order chi connectivity index (χ1) is 8.04. The number of anilines is 2. The second-order valence-electron chi connectivity index (χ2n) is 4.48. The van der Waals surface area contributed by atoms with E-state index in [0.29, 0.717) is 5.82 Å². The fraction of sp³-hybridized carbons (Fsp3) is 0.667. The van der Waals surface area contributed by atoms with Crippen molar-refractivity contribution in [1.29, 1.82) is 0 Å². The lowest BCUT2D eigenvalue weighted by Gasteiger charge is -2.14. The van der Waals surface area contributed by atoms with E-state index < -0.39 is 0 Å². The molecule has 3 N–H and O–H groups in total. The first-order valence-electron chi connectivity index (χ1n) is 6.06. The Morgan fingerprint density at radius 1 is 1.29 bits per heavy atom. The average molecular weight is 237 g/mol. The third kappa shape index (κ3) is 4.19. The molecule has 0 spiro atoms. The van der Waals surface area contributed by atoms with Crippen LogP contribution in [0.1, 0.15) is 24.7 Å². The summed E-state index contributed by atoms with van der Waals surface area (Å²) in [6, 6.07) is 0. The molecule has 0 amide bonds. The van der Waals surface area contributed by atoms with E-state index in [1.54, 1.807) is 0 Å². The zero-order chi connectivity index (χ0) is 12.8. The average Bonchev–Trinajstić information content (AvgIpc) is 2.24. The normalized spacial score (nSPS) is 10.9. The molecular formula is C12H23N5. The van der Waals surface area contributed by atoms with Gasteiger partial charge >= 0.3 is 0 Å². The van der Waals surface area contributed by atoms with Crippen LogP contribution in [0.5, 0.6) is 0 Å². The largest absolute Gasteiger partial charge is 0.383 e. The molecule has 5 heteroatoms. The number of rotatable bonds is 6. The van der Waals surface area contributed by atoms with E-state index in [1.165, 1.54) is 0 Å². The van der Waals surface area contributed by atoms with Crippen molar-refractivity contribution in [2.45, 2.75) is 26.7 Å². The summed E-state index contributed by atoms with van der Waals surface area (Å²) in [5.41, 5.74) is 6.82.